The Kier molecular flexibility index (Phi) is 19.5. The molecule has 2 saturated heterocycles. The van der Waals surface area contributed by atoms with Crippen LogP contribution in [0, 0.1) is 0 Å². The van der Waals surface area contributed by atoms with E-state index < -0.39 is 133 Å². The Morgan fingerprint density at radius 1 is 0.792 bits per heavy atom. The molecule has 48 heteroatoms. The number of esters is 2. The van der Waals surface area contributed by atoms with Crippen LogP contribution in [0.4, 0.5) is 17.5 Å². The lowest BCUT2D eigenvalue weighted by Crippen LogP contribution is -2.31. The Morgan fingerprint density at radius 3 is 1.92 bits per heavy atom. The first-order valence-electron chi connectivity index (χ1n) is 20.6. The number of phosphoric ester groups is 2. The molecular weight excluding hydrogens is 1180 g/mol. The van der Waals surface area contributed by atoms with Crippen molar-refractivity contribution in [2.24, 2.45) is 10.2 Å². The molecular formula is C29H38N14O28P6. The maximum Gasteiger partial charge on any atom is 0.490 e. The van der Waals surface area contributed by atoms with E-state index in [2.05, 4.69) is 67.1 Å². The fourth-order valence-corrected chi connectivity index (χ4v) is 12.8. The first-order chi connectivity index (χ1) is 35.8. The number of phosphoric acid groups is 6. The van der Waals surface area contributed by atoms with Gasteiger partial charge in [-0.25, -0.2) is 51.9 Å². The van der Waals surface area contributed by atoms with Gasteiger partial charge in [0, 0.05) is 53.5 Å². The summed E-state index contributed by atoms with van der Waals surface area (Å²) in [7, 11) is -34.9. The number of carbonyl (C=O) groups is 2. The van der Waals surface area contributed by atoms with Crippen molar-refractivity contribution < 1.29 is 126 Å². The molecule has 11 N–H and O–H groups in total. The van der Waals surface area contributed by atoms with Crippen molar-refractivity contribution >= 4 is 87.6 Å². The summed E-state index contributed by atoms with van der Waals surface area (Å²) in [5.74, 6) is -3.60. The van der Waals surface area contributed by atoms with Crippen LogP contribution in [-0.4, -0.2) is 124 Å². The molecule has 6 heterocycles. The van der Waals surface area contributed by atoms with Gasteiger partial charge in [0.25, 0.3) is 0 Å². The molecule has 0 aromatic carbocycles. The largest absolute Gasteiger partial charge is 0.490 e. The molecule has 42 nitrogen and oxygen atoms in total. The maximum absolute atomic E-state index is 13.9. The maximum atomic E-state index is 13.9. The minimum absolute atomic E-state index is 0.0103. The minimum Gasteiger partial charge on any atom is -0.459 e. The molecule has 4 aromatic heterocycles. The van der Waals surface area contributed by atoms with E-state index in [-0.39, 0.29) is 60.1 Å². The summed E-state index contributed by atoms with van der Waals surface area (Å²) in [6.45, 7) is -2.91. The third kappa shape index (κ3) is 17.8. The zero-order valence-electron chi connectivity index (χ0n) is 37.9. The van der Waals surface area contributed by atoms with Gasteiger partial charge in [0.15, 0.2) is 17.3 Å². The van der Waals surface area contributed by atoms with Crippen LogP contribution in [0.15, 0.2) is 50.4 Å². The average Bonchev–Trinajstić information content (AvgIpc) is 4.09. The number of azide groups is 2. The lowest BCUT2D eigenvalue weighted by Gasteiger charge is -2.21. The lowest BCUT2D eigenvalue weighted by atomic mass is 10.2. The van der Waals surface area contributed by atoms with Crippen LogP contribution < -0.4 is 16.7 Å². The van der Waals surface area contributed by atoms with E-state index in [0.29, 0.717) is 0 Å². The number of nitrogens with one attached hydrogen (secondary N) is 1. The summed E-state index contributed by atoms with van der Waals surface area (Å²) in [5, 5.41) is 9.29. The Bertz CT molecular complexity index is 3320. The molecule has 0 spiro atoms. The number of ether oxygens (including phenoxy) is 4. The van der Waals surface area contributed by atoms with Gasteiger partial charge >= 0.3 is 64.6 Å². The number of aromatic nitrogens is 6. The molecule has 0 bridgehead atoms. The Labute approximate surface area is 425 Å². The molecule has 2 aliphatic heterocycles. The van der Waals surface area contributed by atoms with Crippen LogP contribution in [0.2, 0.25) is 0 Å². The van der Waals surface area contributed by atoms with Crippen LogP contribution in [0.25, 0.3) is 32.0 Å². The van der Waals surface area contributed by atoms with Crippen LogP contribution in [0.3, 0.4) is 0 Å². The fourth-order valence-electron chi connectivity index (χ4n) is 6.79. The van der Waals surface area contributed by atoms with Gasteiger partial charge in [-0.3, -0.25) is 23.0 Å². The standard InChI is InChI=1S/C29H38N14O28P6/c30-26-24-27(34-12-33-26)43(13-35-24)22-8-16(18(64-22)11-62-75(55,56)71-77(59,60)69-73(50,51)52)66-28(45)25-14(9-37-41-32)6-20(67-25)38-19-3-5-42(29(46)39-19)21-7-15(65-23(44)2-1-4-36-40-31)17(63-21)10-61-74(53,54)70-76(57,58)68-72(47,48)49/h3,5-6,12-13,15-18,21-22H,1-2,4,7-11H2,(H,53,54)(H,55,56)(H,57,58)(H,59,60)(H2,30,33,34)(H,38,39,46)(H2,47,48,49)(H2,50,51,52)/t15?,16?,17-,18-,21-,22-/m1/s1. The van der Waals surface area contributed by atoms with E-state index in [1.165, 1.54) is 10.9 Å². The summed E-state index contributed by atoms with van der Waals surface area (Å²) in [6, 6.07) is 2.26. The van der Waals surface area contributed by atoms with E-state index in [0.717, 1.165) is 29.2 Å². The highest BCUT2D eigenvalue weighted by Crippen LogP contribution is 2.67. The molecule has 0 radical (unpaired) electrons. The minimum atomic E-state index is -5.96. The van der Waals surface area contributed by atoms with E-state index >= 15 is 0 Å². The third-order valence-electron chi connectivity index (χ3n) is 9.63. The third-order valence-corrected chi connectivity index (χ3v) is 17.2. The number of imidazole rings is 1. The van der Waals surface area contributed by atoms with Crippen LogP contribution in [0.1, 0.15) is 54.3 Å². The van der Waals surface area contributed by atoms with Gasteiger partial charge in [-0.1, -0.05) is 10.2 Å². The summed E-state index contributed by atoms with van der Waals surface area (Å²) < 4.78 is 126. The van der Waals surface area contributed by atoms with Crippen LogP contribution >= 0.6 is 46.9 Å². The molecule has 0 aliphatic carbocycles. The van der Waals surface area contributed by atoms with Gasteiger partial charge in [-0.05, 0) is 23.5 Å². The zero-order valence-corrected chi connectivity index (χ0v) is 43.2. The predicted octanol–water partition coefficient (Wildman–Crippen LogP) is 2.60. The van der Waals surface area contributed by atoms with Crippen molar-refractivity contribution in [3.63, 3.8) is 0 Å². The van der Waals surface area contributed by atoms with Crippen molar-refractivity contribution in [2.75, 3.05) is 30.8 Å². The molecule has 2 fully saturated rings. The number of nitrogen functional groups attached to an aromatic ring is 1. The molecule has 2 aliphatic rings. The SMILES string of the molecule is [N-]=[N+]=NCCCC(=O)OC1C[C@H](n2ccc(Nc3cc(CN=[N+]=[N-])c(C(=O)OC4C[C@H](n5cnc6c(N)ncnc65)O[C@@H]4COP(=O)(O)OP(=O)(O)OP(=O)(O)O)o3)nc2=O)O[C@@H]1COP(=O)(O)OP(=O)(O)OP(=O)(O)O. The number of furan rings is 1. The highest BCUT2D eigenvalue weighted by atomic mass is 31.3. The van der Waals surface area contributed by atoms with Crippen molar-refractivity contribution in [1.82, 2.24) is 29.1 Å². The predicted molar refractivity (Wildman–Crippen MR) is 242 cm³/mol. The van der Waals surface area contributed by atoms with E-state index in [1.54, 1.807) is 0 Å². The van der Waals surface area contributed by atoms with E-state index in [9.17, 15) is 61.3 Å². The summed E-state index contributed by atoms with van der Waals surface area (Å²) >= 11 is 0. The number of hydrogen-bond donors (Lipinski definition) is 10. The second-order valence-corrected chi connectivity index (χ2v) is 23.9. The first-order valence-corrected chi connectivity index (χ1v) is 29.6. The van der Waals surface area contributed by atoms with Crippen LogP contribution in [0.5, 0.6) is 0 Å². The van der Waals surface area contributed by atoms with Gasteiger partial charge in [0.05, 0.1) is 26.1 Å². The molecule has 4 aromatic rings. The summed E-state index contributed by atoms with van der Waals surface area (Å²) in [4.78, 5) is 136. The fraction of sp³-hybridized carbons (Fsp3) is 0.483. The van der Waals surface area contributed by atoms with Crippen molar-refractivity contribution in [3.05, 3.63) is 73.7 Å². The van der Waals surface area contributed by atoms with E-state index in [4.69, 9.17) is 64.3 Å². The lowest BCUT2D eigenvalue weighted by molar-refractivity contribution is -0.153. The molecule has 0 saturated carbocycles. The van der Waals surface area contributed by atoms with Gasteiger partial charge in [-0.15, -0.1) is 0 Å². The quantitative estimate of drug-likeness (QED) is 0.0102. The zero-order chi connectivity index (χ0) is 56.7. The van der Waals surface area contributed by atoms with Crippen molar-refractivity contribution in [1.29, 1.82) is 0 Å². The molecule has 77 heavy (non-hydrogen) atoms. The molecule has 0 amide bonds. The van der Waals surface area contributed by atoms with Gasteiger partial charge < -0.3 is 73.6 Å². The number of nitrogens with zero attached hydrogens (tertiary/aromatic N) is 12. The first kappa shape index (κ1) is 60.8. The summed E-state index contributed by atoms with van der Waals surface area (Å²) in [6.07, 6.45) is -6.43. The smallest absolute Gasteiger partial charge is 0.459 e. The highest BCUT2D eigenvalue weighted by Gasteiger charge is 2.47. The van der Waals surface area contributed by atoms with Gasteiger partial charge in [-0.2, -0.15) is 22.2 Å². The molecule has 6 unspecified atom stereocenters. The topological polar surface area (TPSA) is 618 Å². The molecule has 6 rings (SSSR count). The van der Waals surface area contributed by atoms with Crippen molar-refractivity contribution in [2.45, 2.75) is 69.1 Å². The Morgan fingerprint density at radius 2 is 1.36 bits per heavy atom. The number of fused-ring (bicyclic) bond motifs is 1. The average molecular weight is 1220 g/mol. The number of anilines is 3. The van der Waals surface area contributed by atoms with E-state index in [1.807, 2.05) is 0 Å². The monoisotopic (exact) mass is 1220 g/mol. The second kappa shape index (κ2) is 24.7. The molecule has 422 valence electrons. The Hall–Kier alpha value is -5.39. The number of hydrogen-bond acceptors (Lipinski definition) is 28. The second-order valence-electron chi connectivity index (χ2n) is 15.1. The van der Waals surface area contributed by atoms with Gasteiger partial charge in [0.1, 0.15) is 54.5 Å². The normalized spacial score (nSPS) is 22.9. The molecule has 10 atom stereocenters. The number of carbonyl (C=O) groups excluding carboxylic acids is 2. The number of nitrogens with two attached hydrogens (primary N) is 1. The van der Waals surface area contributed by atoms with Gasteiger partial charge in [0.2, 0.25) is 5.76 Å². The summed E-state index contributed by atoms with van der Waals surface area (Å²) in [5.41, 5.74) is 22.4. The Balaban J connectivity index is 1.19. The highest BCUT2D eigenvalue weighted by molar-refractivity contribution is 7.67. The number of rotatable bonds is 27. The van der Waals surface area contributed by atoms with Crippen LogP contribution in [-0.2, 0) is 84.0 Å². The van der Waals surface area contributed by atoms with Crippen molar-refractivity contribution in [3.8, 4) is 0 Å².